The lowest BCUT2D eigenvalue weighted by molar-refractivity contribution is 0.103. The Morgan fingerprint density at radius 3 is 2.93 bits per heavy atom. The number of amides is 1. The van der Waals surface area contributed by atoms with Crippen molar-refractivity contribution in [2.75, 3.05) is 5.32 Å². The van der Waals surface area contributed by atoms with Gasteiger partial charge in [-0.2, -0.15) is 0 Å². The van der Waals surface area contributed by atoms with Gasteiger partial charge in [0.1, 0.15) is 5.51 Å². The van der Waals surface area contributed by atoms with E-state index in [1.54, 1.807) is 11.6 Å². The lowest BCUT2D eigenvalue weighted by atomic mass is 10.4. The molecule has 2 heterocycles. The van der Waals surface area contributed by atoms with Gasteiger partial charge in [-0.3, -0.25) is 10.1 Å². The van der Waals surface area contributed by atoms with Crippen molar-refractivity contribution in [2.45, 2.75) is 6.92 Å². The average Bonchev–Trinajstić information content (AvgIpc) is 2.75. The maximum absolute atomic E-state index is 11.6. The lowest BCUT2D eigenvalue weighted by Crippen LogP contribution is -2.09. The van der Waals surface area contributed by atoms with E-state index in [9.17, 15) is 4.79 Å². The van der Waals surface area contributed by atoms with Gasteiger partial charge >= 0.3 is 0 Å². The highest BCUT2D eigenvalue weighted by atomic mass is 32.1. The minimum atomic E-state index is -0.125. The third kappa shape index (κ3) is 1.97. The Morgan fingerprint density at radius 1 is 1.50 bits per heavy atom. The van der Waals surface area contributed by atoms with Gasteiger partial charge < -0.3 is 0 Å². The second kappa shape index (κ2) is 3.85. The summed E-state index contributed by atoms with van der Waals surface area (Å²) in [5.41, 5.74) is 1.58. The van der Waals surface area contributed by atoms with E-state index >= 15 is 0 Å². The van der Waals surface area contributed by atoms with Gasteiger partial charge in [0.15, 0.2) is 0 Å². The molecule has 0 bridgehead atoms. The Bertz CT molecular complexity index is 435. The van der Waals surface area contributed by atoms with E-state index in [1.807, 2.05) is 13.0 Å². The molecule has 0 aliphatic heterocycles. The Balaban J connectivity index is 2.10. The lowest BCUT2D eigenvalue weighted by Gasteiger charge is -1.95. The highest BCUT2D eigenvalue weighted by Crippen LogP contribution is 2.17. The minimum Gasteiger partial charge on any atom is -0.296 e. The van der Waals surface area contributed by atoms with E-state index in [-0.39, 0.29) is 5.91 Å². The van der Waals surface area contributed by atoms with Crippen LogP contribution in [0.2, 0.25) is 0 Å². The van der Waals surface area contributed by atoms with Gasteiger partial charge in [0.25, 0.3) is 5.91 Å². The first-order chi connectivity index (χ1) is 6.75. The molecule has 2 rings (SSSR count). The number of aromatic nitrogens is 2. The molecule has 4 nitrogen and oxygen atoms in total. The smallest absolute Gasteiger partial charge is 0.267 e. The molecule has 72 valence electrons. The molecular formula is C8H7N3OS2. The van der Waals surface area contributed by atoms with Gasteiger partial charge in [-0.05, 0) is 19.1 Å². The number of anilines is 1. The van der Waals surface area contributed by atoms with E-state index in [0.29, 0.717) is 10.0 Å². The SMILES string of the molecule is Cc1ccc(C(=O)Nc2nncs2)s1. The summed E-state index contributed by atoms with van der Waals surface area (Å²) in [6, 6.07) is 3.72. The van der Waals surface area contributed by atoms with E-state index in [4.69, 9.17) is 0 Å². The predicted octanol–water partition coefficient (Wildman–Crippen LogP) is 2.16. The molecule has 0 atom stereocenters. The van der Waals surface area contributed by atoms with Crippen LogP contribution in [0.5, 0.6) is 0 Å². The van der Waals surface area contributed by atoms with Crippen molar-refractivity contribution in [3.05, 3.63) is 27.4 Å². The summed E-state index contributed by atoms with van der Waals surface area (Å²) in [7, 11) is 0. The van der Waals surface area contributed by atoms with Crippen molar-refractivity contribution in [3.8, 4) is 0 Å². The molecular weight excluding hydrogens is 218 g/mol. The van der Waals surface area contributed by atoms with E-state index < -0.39 is 0 Å². The molecule has 14 heavy (non-hydrogen) atoms. The van der Waals surface area contributed by atoms with Crippen LogP contribution in [0.1, 0.15) is 14.5 Å². The number of aryl methyl sites for hydroxylation is 1. The van der Waals surface area contributed by atoms with Gasteiger partial charge in [-0.1, -0.05) is 11.3 Å². The number of carbonyl (C=O) groups excluding carboxylic acids is 1. The fourth-order valence-electron chi connectivity index (χ4n) is 0.943. The van der Waals surface area contributed by atoms with Gasteiger partial charge in [-0.15, -0.1) is 21.5 Å². The number of carbonyl (C=O) groups is 1. The molecule has 0 spiro atoms. The molecule has 2 aromatic rings. The summed E-state index contributed by atoms with van der Waals surface area (Å²) in [6.45, 7) is 1.96. The number of hydrogen-bond acceptors (Lipinski definition) is 5. The van der Waals surface area contributed by atoms with Crippen LogP contribution >= 0.6 is 22.7 Å². The largest absolute Gasteiger partial charge is 0.296 e. The van der Waals surface area contributed by atoms with Crippen molar-refractivity contribution in [1.82, 2.24) is 10.2 Å². The molecule has 0 aliphatic carbocycles. The number of nitrogens with one attached hydrogen (secondary N) is 1. The van der Waals surface area contributed by atoms with Crippen LogP contribution in [0.3, 0.4) is 0 Å². The first-order valence-electron chi connectivity index (χ1n) is 3.89. The molecule has 0 fully saturated rings. The van der Waals surface area contributed by atoms with Crippen LogP contribution in [0.25, 0.3) is 0 Å². The molecule has 1 amide bonds. The molecule has 0 unspecified atom stereocenters. The Labute approximate surface area is 88.6 Å². The van der Waals surface area contributed by atoms with Gasteiger partial charge in [0, 0.05) is 4.88 Å². The van der Waals surface area contributed by atoms with E-state index in [1.165, 1.54) is 22.7 Å². The maximum Gasteiger partial charge on any atom is 0.267 e. The average molecular weight is 225 g/mol. The van der Waals surface area contributed by atoms with Crippen LogP contribution in [0.4, 0.5) is 5.13 Å². The quantitative estimate of drug-likeness (QED) is 0.852. The first kappa shape index (κ1) is 9.29. The van der Waals surface area contributed by atoms with Crippen molar-refractivity contribution >= 4 is 33.7 Å². The molecule has 1 N–H and O–H groups in total. The summed E-state index contributed by atoms with van der Waals surface area (Å²) in [6.07, 6.45) is 0. The number of hydrogen-bond donors (Lipinski definition) is 1. The monoisotopic (exact) mass is 225 g/mol. The molecule has 6 heteroatoms. The van der Waals surface area contributed by atoms with Gasteiger partial charge in [0.2, 0.25) is 5.13 Å². The molecule has 0 radical (unpaired) electrons. The third-order valence-electron chi connectivity index (χ3n) is 1.54. The van der Waals surface area contributed by atoms with Crippen LogP contribution in [0, 0.1) is 6.92 Å². The predicted molar refractivity (Wildman–Crippen MR) is 56.9 cm³/mol. The second-order valence-electron chi connectivity index (χ2n) is 2.61. The topological polar surface area (TPSA) is 54.9 Å². The van der Waals surface area contributed by atoms with Crippen molar-refractivity contribution < 1.29 is 4.79 Å². The normalized spacial score (nSPS) is 10.1. The summed E-state index contributed by atoms with van der Waals surface area (Å²) in [5.74, 6) is -0.125. The van der Waals surface area contributed by atoms with Crippen LogP contribution < -0.4 is 5.32 Å². The minimum absolute atomic E-state index is 0.125. The summed E-state index contributed by atoms with van der Waals surface area (Å²) in [4.78, 5) is 13.4. The Kier molecular flexibility index (Phi) is 2.55. The highest BCUT2D eigenvalue weighted by Gasteiger charge is 2.09. The van der Waals surface area contributed by atoms with Crippen molar-refractivity contribution in [1.29, 1.82) is 0 Å². The summed E-state index contributed by atoms with van der Waals surface area (Å²) < 4.78 is 0. The summed E-state index contributed by atoms with van der Waals surface area (Å²) >= 11 is 2.77. The molecule has 0 aliphatic rings. The van der Waals surface area contributed by atoms with Crippen LogP contribution in [-0.2, 0) is 0 Å². The number of thiophene rings is 1. The zero-order valence-corrected chi connectivity index (χ0v) is 8.98. The molecule has 0 aromatic carbocycles. The van der Waals surface area contributed by atoms with Crippen LogP contribution in [0.15, 0.2) is 17.6 Å². The van der Waals surface area contributed by atoms with E-state index in [0.717, 1.165) is 4.88 Å². The van der Waals surface area contributed by atoms with Crippen LogP contribution in [-0.4, -0.2) is 16.1 Å². The van der Waals surface area contributed by atoms with Gasteiger partial charge in [0.05, 0.1) is 4.88 Å². The van der Waals surface area contributed by atoms with Crippen molar-refractivity contribution in [2.24, 2.45) is 0 Å². The fraction of sp³-hybridized carbons (Fsp3) is 0.125. The molecule has 0 saturated heterocycles. The summed E-state index contributed by atoms with van der Waals surface area (Å²) in [5, 5.41) is 10.6. The van der Waals surface area contributed by atoms with Gasteiger partial charge in [-0.25, -0.2) is 0 Å². The second-order valence-corrected chi connectivity index (χ2v) is 4.73. The zero-order valence-electron chi connectivity index (χ0n) is 7.35. The Morgan fingerprint density at radius 2 is 2.36 bits per heavy atom. The Hall–Kier alpha value is -1.27. The zero-order chi connectivity index (χ0) is 9.97. The maximum atomic E-state index is 11.6. The number of nitrogens with zero attached hydrogens (tertiary/aromatic N) is 2. The first-order valence-corrected chi connectivity index (χ1v) is 5.59. The van der Waals surface area contributed by atoms with E-state index in [2.05, 4.69) is 15.5 Å². The van der Waals surface area contributed by atoms with Crippen molar-refractivity contribution in [3.63, 3.8) is 0 Å². The molecule has 0 saturated carbocycles. The number of rotatable bonds is 2. The standard InChI is InChI=1S/C8H7N3OS2/c1-5-2-3-6(14-5)7(12)10-8-11-9-4-13-8/h2-4H,1H3,(H,10,11,12). The third-order valence-corrected chi connectivity index (χ3v) is 3.15. The molecule has 2 aromatic heterocycles. The fourth-order valence-corrected chi connectivity index (χ4v) is 2.15. The highest BCUT2D eigenvalue weighted by molar-refractivity contribution is 7.15.